The molecule has 2 aromatic rings. The largest absolute Gasteiger partial charge is 0.251 e. The Morgan fingerprint density at radius 3 is 1.95 bits per heavy atom. The van der Waals surface area contributed by atoms with Gasteiger partial charge in [0, 0.05) is 0 Å². The number of benzene rings is 2. The second-order valence-corrected chi connectivity index (χ2v) is 5.21. The highest BCUT2D eigenvalue weighted by Crippen LogP contribution is 2.26. The van der Waals surface area contributed by atoms with E-state index in [0.29, 0.717) is 0 Å². The molecule has 0 saturated heterocycles. The van der Waals surface area contributed by atoms with Gasteiger partial charge >= 0.3 is 0 Å². The summed E-state index contributed by atoms with van der Waals surface area (Å²) in [5.74, 6) is 0. The van der Waals surface area contributed by atoms with E-state index in [-0.39, 0.29) is 0 Å². The normalized spacial score (nSPS) is 12.1. The van der Waals surface area contributed by atoms with Crippen LogP contribution in [0.4, 0.5) is 0 Å². The molecule has 0 spiro atoms. The van der Waals surface area contributed by atoms with Gasteiger partial charge in [0.15, 0.2) is 0 Å². The lowest BCUT2D eigenvalue weighted by Gasteiger charge is -2.15. The molecule has 0 aliphatic heterocycles. The van der Waals surface area contributed by atoms with E-state index in [0.717, 1.165) is 30.4 Å². The quantitative estimate of drug-likeness (QED) is 0.442. The summed E-state index contributed by atoms with van der Waals surface area (Å²) in [6, 6.07) is 16.3. The maximum Gasteiger partial charge on any atom is 0.143 e. The first-order chi connectivity index (χ1) is 10.3. The standard InChI is InChI=1S/C19H22O2/c1-3-5-15-7-11-17(12-8-15)19(21-20)18-13-9-16(6-4-2)10-14-18/h3,7-14,19-20H,1,4-6H2,2H3. The number of allylic oxidation sites excluding steroid dienone is 1. The summed E-state index contributed by atoms with van der Waals surface area (Å²) in [6.07, 6.45) is 4.47. The summed E-state index contributed by atoms with van der Waals surface area (Å²) in [6.45, 7) is 5.90. The van der Waals surface area contributed by atoms with Crippen LogP contribution in [0.2, 0.25) is 0 Å². The molecule has 110 valence electrons. The van der Waals surface area contributed by atoms with Crippen molar-refractivity contribution < 1.29 is 10.1 Å². The molecule has 21 heavy (non-hydrogen) atoms. The van der Waals surface area contributed by atoms with E-state index in [1.807, 2.05) is 42.5 Å². The molecular weight excluding hydrogens is 260 g/mol. The first-order valence-electron chi connectivity index (χ1n) is 7.37. The Morgan fingerprint density at radius 2 is 1.52 bits per heavy atom. The molecule has 1 atom stereocenters. The predicted octanol–water partition coefficient (Wildman–Crippen LogP) is 4.95. The maximum atomic E-state index is 9.26. The van der Waals surface area contributed by atoms with Gasteiger partial charge in [0.1, 0.15) is 6.10 Å². The molecular formula is C19H22O2. The minimum absolute atomic E-state index is 0.446. The summed E-state index contributed by atoms with van der Waals surface area (Å²) in [7, 11) is 0. The Morgan fingerprint density at radius 1 is 1.00 bits per heavy atom. The Bertz CT molecular complexity index is 555. The van der Waals surface area contributed by atoms with Gasteiger partial charge in [-0.15, -0.1) is 6.58 Å². The van der Waals surface area contributed by atoms with Gasteiger partial charge in [-0.2, -0.15) is 0 Å². The van der Waals surface area contributed by atoms with Crippen LogP contribution in [0, 0.1) is 0 Å². The van der Waals surface area contributed by atoms with Gasteiger partial charge in [0.2, 0.25) is 0 Å². The van der Waals surface area contributed by atoms with Crippen LogP contribution in [-0.4, -0.2) is 5.26 Å². The third-order valence-electron chi connectivity index (χ3n) is 3.59. The summed E-state index contributed by atoms with van der Waals surface area (Å²) in [4.78, 5) is 4.70. The molecule has 2 aromatic carbocycles. The van der Waals surface area contributed by atoms with Crippen LogP contribution in [0.1, 0.15) is 41.7 Å². The van der Waals surface area contributed by atoms with E-state index in [9.17, 15) is 5.26 Å². The van der Waals surface area contributed by atoms with Crippen LogP contribution in [-0.2, 0) is 17.7 Å². The lowest BCUT2D eigenvalue weighted by atomic mass is 9.98. The third-order valence-corrected chi connectivity index (χ3v) is 3.59. The van der Waals surface area contributed by atoms with Crippen molar-refractivity contribution in [2.45, 2.75) is 32.3 Å². The van der Waals surface area contributed by atoms with Crippen molar-refractivity contribution in [3.63, 3.8) is 0 Å². The van der Waals surface area contributed by atoms with E-state index in [1.54, 1.807) is 0 Å². The smallest absolute Gasteiger partial charge is 0.143 e. The number of hydrogen-bond donors (Lipinski definition) is 1. The SMILES string of the molecule is C=CCc1ccc(C(OO)c2ccc(CCC)cc2)cc1. The fraction of sp³-hybridized carbons (Fsp3) is 0.263. The molecule has 0 amide bonds. The summed E-state index contributed by atoms with van der Waals surface area (Å²) < 4.78 is 0. The summed E-state index contributed by atoms with van der Waals surface area (Å²) in [5, 5.41) is 9.26. The van der Waals surface area contributed by atoms with Crippen LogP contribution in [0.5, 0.6) is 0 Å². The first kappa shape index (κ1) is 15.5. The van der Waals surface area contributed by atoms with Crippen LogP contribution in [0.25, 0.3) is 0 Å². The van der Waals surface area contributed by atoms with Crippen molar-refractivity contribution in [2.75, 3.05) is 0 Å². The van der Waals surface area contributed by atoms with E-state index in [2.05, 4.69) is 25.6 Å². The Kier molecular flexibility index (Phi) is 5.73. The molecule has 0 fully saturated rings. The van der Waals surface area contributed by atoms with E-state index >= 15 is 0 Å². The molecule has 0 saturated carbocycles. The molecule has 0 bridgehead atoms. The van der Waals surface area contributed by atoms with Crippen molar-refractivity contribution in [1.82, 2.24) is 0 Å². The average molecular weight is 282 g/mol. The van der Waals surface area contributed by atoms with E-state index < -0.39 is 6.10 Å². The monoisotopic (exact) mass is 282 g/mol. The molecule has 0 aliphatic carbocycles. The van der Waals surface area contributed by atoms with Crippen LogP contribution < -0.4 is 0 Å². The van der Waals surface area contributed by atoms with Crippen LogP contribution in [0.3, 0.4) is 0 Å². The molecule has 0 radical (unpaired) electrons. The molecule has 0 aromatic heterocycles. The fourth-order valence-electron chi connectivity index (χ4n) is 2.46. The van der Waals surface area contributed by atoms with Gasteiger partial charge in [-0.1, -0.05) is 68.0 Å². The highest BCUT2D eigenvalue weighted by molar-refractivity contribution is 5.34. The van der Waals surface area contributed by atoms with Crippen molar-refractivity contribution >= 4 is 0 Å². The minimum Gasteiger partial charge on any atom is -0.251 e. The lowest BCUT2D eigenvalue weighted by molar-refractivity contribution is -0.270. The molecule has 2 rings (SSSR count). The van der Waals surface area contributed by atoms with Crippen molar-refractivity contribution in [3.8, 4) is 0 Å². The Balaban J connectivity index is 2.19. The molecule has 0 heterocycles. The minimum atomic E-state index is -0.446. The van der Waals surface area contributed by atoms with Crippen molar-refractivity contribution in [3.05, 3.63) is 83.4 Å². The highest BCUT2D eigenvalue weighted by atomic mass is 17.1. The number of aryl methyl sites for hydroxylation is 1. The van der Waals surface area contributed by atoms with Gasteiger partial charge < -0.3 is 0 Å². The molecule has 0 aliphatic rings. The van der Waals surface area contributed by atoms with E-state index in [4.69, 9.17) is 4.89 Å². The van der Waals surface area contributed by atoms with Crippen LogP contribution in [0.15, 0.2) is 61.2 Å². The summed E-state index contributed by atoms with van der Waals surface area (Å²) in [5.41, 5.74) is 4.39. The second kappa shape index (κ2) is 7.77. The maximum absolute atomic E-state index is 9.26. The summed E-state index contributed by atoms with van der Waals surface area (Å²) >= 11 is 0. The van der Waals surface area contributed by atoms with Crippen LogP contribution >= 0.6 is 0 Å². The van der Waals surface area contributed by atoms with Gasteiger partial charge in [-0.3, -0.25) is 5.26 Å². The zero-order valence-corrected chi connectivity index (χ0v) is 12.5. The number of hydrogen-bond acceptors (Lipinski definition) is 2. The Labute approximate surface area is 126 Å². The fourth-order valence-corrected chi connectivity index (χ4v) is 2.46. The average Bonchev–Trinajstić information content (AvgIpc) is 2.52. The van der Waals surface area contributed by atoms with Gasteiger partial charge in [0.05, 0.1) is 0 Å². The van der Waals surface area contributed by atoms with E-state index in [1.165, 1.54) is 11.1 Å². The second-order valence-electron chi connectivity index (χ2n) is 5.21. The zero-order chi connectivity index (χ0) is 15.1. The molecule has 1 N–H and O–H groups in total. The van der Waals surface area contributed by atoms with Crippen molar-refractivity contribution in [2.24, 2.45) is 0 Å². The topological polar surface area (TPSA) is 29.5 Å². The molecule has 2 nitrogen and oxygen atoms in total. The first-order valence-corrected chi connectivity index (χ1v) is 7.37. The van der Waals surface area contributed by atoms with Gasteiger partial charge in [-0.05, 0) is 35.1 Å². The molecule has 2 heteroatoms. The lowest BCUT2D eigenvalue weighted by Crippen LogP contribution is -2.04. The predicted molar refractivity (Wildman–Crippen MR) is 86.3 cm³/mol. The zero-order valence-electron chi connectivity index (χ0n) is 12.5. The Hall–Kier alpha value is -1.90. The highest BCUT2D eigenvalue weighted by Gasteiger charge is 2.14. The third kappa shape index (κ3) is 4.03. The number of rotatable bonds is 7. The van der Waals surface area contributed by atoms with Gasteiger partial charge in [-0.25, -0.2) is 4.89 Å². The van der Waals surface area contributed by atoms with Gasteiger partial charge in [0.25, 0.3) is 0 Å². The van der Waals surface area contributed by atoms with Crippen molar-refractivity contribution in [1.29, 1.82) is 0 Å². The molecule has 1 unspecified atom stereocenters.